The van der Waals surface area contributed by atoms with Gasteiger partial charge < -0.3 is 14.7 Å². The van der Waals surface area contributed by atoms with E-state index in [0.29, 0.717) is 13.0 Å². The molecule has 1 aliphatic rings. The van der Waals surface area contributed by atoms with E-state index in [0.717, 1.165) is 6.07 Å². The van der Waals surface area contributed by atoms with Crippen LogP contribution in [0.25, 0.3) is 0 Å². The molecule has 118 valence electrons. The number of rotatable bonds is 4. The molecule has 1 heterocycles. The van der Waals surface area contributed by atoms with Gasteiger partial charge in [0.1, 0.15) is 0 Å². The van der Waals surface area contributed by atoms with Crippen molar-refractivity contribution in [3.63, 3.8) is 0 Å². The average molecular weight is 308 g/mol. The molecular formula is C14H16N2O6. The number of ether oxygens (including phenoxy) is 1. The van der Waals surface area contributed by atoms with Gasteiger partial charge in [-0.25, -0.2) is 0 Å². The number of benzene rings is 1. The van der Waals surface area contributed by atoms with Crippen molar-refractivity contribution < 1.29 is 24.4 Å². The van der Waals surface area contributed by atoms with E-state index in [4.69, 9.17) is 9.84 Å². The number of amides is 1. The van der Waals surface area contributed by atoms with Crippen LogP contribution < -0.4 is 4.74 Å². The van der Waals surface area contributed by atoms with Crippen molar-refractivity contribution in [2.24, 2.45) is 5.92 Å². The van der Waals surface area contributed by atoms with Crippen LogP contribution in [0, 0.1) is 16.0 Å². The Bertz CT molecular complexity index is 630. The number of carbonyl (C=O) groups excluding carboxylic acids is 1. The van der Waals surface area contributed by atoms with Gasteiger partial charge >= 0.3 is 11.7 Å². The predicted octanol–water partition coefficient (Wildman–Crippen LogP) is 1.54. The summed E-state index contributed by atoms with van der Waals surface area (Å²) in [4.78, 5) is 35.4. The van der Waals surface area contributed by atoms with Crippen molar-refractivity contribution in [1.29, 1.82) is 0 Å². The lowest BCUT2D eigenvalue weighted by Gasteiger charge is -2.23. The largest absolute Gasteiger partial charge is 0.490 e. The van der Waals surface area contributed by atoms with Crippen LogP contribution in [-0.2, 0) is 4.79 Å². The number of likely N-dealkylation sites (tertiary alicyclic amines) is 1. The van der Waals surface area contributed by atoms with E-state index < -0.39 is 28.8 Å². The lowest BCUT2D eigenvalue weighted by molar-refractivity contribution is -0.385. The van der Waals surface area contributed by atoms with Gasteiger partial charge in [-0.1, -0.05) is 0 Å². The van der Waals surface area contributed by atoms with Crippen LogP contribution in [0.4, 0.5) is 5.69 Å². The monoisotopic (exact) mass is 308 g/mol. The maximum atomic E-state index is 12.5. The third-order valence-electron chi connectivity index (χ3n) is 3.96. The summed E-state index contributed by atoms with van der Waals surface area (Å²) in [5.74, 6) is -1.90. The number of carbonyl (C=O) groups is 2. The van der Waals surface area contributed by atoms with E-state index in [1.54, 1.807) is 6.92 Å². The molecule has 8 heteroatoms. The highest BCUT2D eigenvalue weighted by atomic mass is 16.6. The Hall–Kier alpha value is -2.64. The molecule has 1 saturated heterocycles. The number of aliphatic carboxylic acids is 1. The second-order valence-electron chi connectivity index (χ2n) is 5.12. The highest BCUT2D eigenvalue weighted by Crippen LogP contribution is 2.30. The number of nitrogens with zero attached hydrogens (tertiary/aromatic N) is 2. The topological polar surface area (TPSA) is 110 Å². The summed E-state index contributed by atoms with van der Waals surface area (Å²) in [6.07, 6.45) is 0.375. The number of nitro groups is 1. The van der Waals surface area contributed by atoms with Crippen LogP contribution in [0.15, 0.2) is 18.2 Å². The van der Waals surface area contributed by atoms with E-state index in [1.807, 2.05) is 0 Å². The molecule has 1 fully saturated rings. The van der Waals surface area contributed by atoms with E-state index in [2.05, 4.69) is 0 Å². The Labute approximate surface area is 126 Å². The minimum absolute atomic E-state index is 0.0689. The van der Waals surface area contributed by atoms with Gasteiger partial charge in [0, 0.05) is 24.2 Å². The molecule has 0 aromatic heterocycles. The summed E-state index contributed by atoms with van der Waals surface area (Å²) in [6, 6.07) is 3.50. The molecule has 2 atom stereocenters. The fourth-order valence-electron chi connectivity index (χ4n) is 2.69. The molecule has 1 aromatic rings. The van der Waals surface area contributed by atoms with Gasteiger partial charge in [0.05, 0.1) is 18.0 Å². The predicted molar refractivity (Wildman–Crippen MR) is 75.9 cm³/mol. The van der Waals surface area contributed by atoms with Crippen molar-refractivity contribution in [3.8, 4) is 5.75 Å². The Balaban J connectivity index is 2.29. The fraction of sp³-hybridized carbons (Fsp3) is 0.429. The zero-order valence-electron chi connectivity index (χ0n) is 12.2. The van der Waals surface area contributed by atoms with Crippen LogP contribution in [0.5, 0.6) is 5.75 Å². The molecule has 22 heavy (non-hydrogen) atoms. The number of carboxylic acid groups (broad SMARTS) is 1. The third-order valence-corrected chi connectivity index (χ3v) is 3.96. The normalized spacial score (nSPS) is 20.7. The summed E-state index contributed by atoms with van der Waals surface area (Å²) in [6.45, 7) is 1.98. The molecule has 0 bridgehead atoms. The molecule has 0 spiro atoms. The first kappa shape index (κ1) is 15.7. The first-order valence-corrected chi connectivity index (χ1v) is 6.73. The molecule has 2 unspecified atom stereocenters. The van der Waals surface area contributed by atoms with E-state index in [1.165, 1.54) is 24.1 Å². The number of methoxy groups -OCH3 is 1. The average Bonchev–Trinajstić information content (AvgIpc) is 2.87. The van der Waals surface area contributed by atoms with Crippen molar-refractivity contribution in [1.82, 2.24) is 4.90 Å². The number of carboxylic acids is 1. The van der Waals surface area contributed by atoms with Crippen LogP contribution >= 0.6 is 0 Å². The van der Waals surface area contributed by atoms with Crippen LogP contribution in [0.2, 0.25) is 0 Å². The van der Waals surface area contributed by atoms with Crippen molar-refractivity contribution in [2.75, 3.05) is 13.7 Å². The lowest BCUT2D eigenvalue weighted by atomic mass is 10.0. The van der Waals surface area contributed by atoms with Gasteiger partial charge in [-0.05, 0) is 25.5 Å². The zero-order chi connectivity index (χ0) is 16.4. The molecule has 0 aliphatic carbocycles. The summed E-state index contributed by atoms with van der Waals surface area (Å²) < 4.78 is 4.89. The zero-order valence-corrected chi connectivity index (χ0v) is 12.2. The number of hydrogen-bond acceptors (Lipinski definition) is 5. The molecule has 1 aliphatic heterocycles. The van der Waals surface area contributed by atoms with E-state index >= 15 is 0 Å². The van der Waals surface area contributed by atoms with Crippen molar-refractivity contribution >= 4 is 17.6 Å². The number of hydrogen-bond donors (Lipinski definition) is 1. The maximum absolute atomic E-state index is 12.5. The molecular weight excluding hydrogens is 292 g/mol. The molecule has 2 rings (SSSR count). The SMILES string of the molecule is COc1ccc(C(=O)N2CCC(C(=O)O)C2C)cc1[N+](=O)[O-]. The summed E-state index contributed by atoms with van der Waals surface area (Å²) in [5, 5.41) is 20.1. The Morgan fingerprint density at radius 3 is 2.64 bits per heavy atom. The second-order valence-corrected chi connectivity index (χ2v) is 5.12. The minimum atomic E-state index is -0.941. The quantitative estimate of drug-likeness (QED) is 0.667. The summed E-state index contributed by atoms with van der Waals surface area (Å²) in [7, 11) is 1.31. The van der Waals surface area contributed by atoms with Crippen LogP contribution in [0.3, 0.4) is 0 Å². The molecule has 8 nitrogen and oxygen atoms in total. The van der Waals surface area contributed by atoms with Crippen molar-refractivity contribution in [3.05, 3.63) is 33.9 Å². The van der Waals surface area contributed by atoms with Gasteiger partial charge in [-0.3, -0.25) is 19.7 Å². The molecule has 0 radical (unpaired) electrons. The smallest absolute Gasteiger partial charge is 0.311 e. The van der Waals surface area contributed by atoms with Gasteiger partial charge in [-0.15, -0.1) is 0 Å². The van der Waals surface area contributed by atoms with Crippen molar-refractivity contribution in [2.45, 2.75) is 19.4 Å². The Morgan fingerprint density at radius 2 is 2.14 bits per heavy atom. The van der Waals surface area contributed by atoms with Gasteiger partial charge in [-0.2, -0.15) is 0 Å². The standard InChI is InChI=1S/C14H16N2O6/c1-8-10(14(18)19)5-6-15(8)13(17)9-3-4-12(22-2)11(7-9)16(20)21/h3-4,7-8,10H,5-6H2,1-2H3,(H,18,19). The highest BCUT2D eigenvalue weighted by Gasteiger charge is 2.38. The first-order chi connectivity index (χ1) is 10.4. The van der Waals surface area contributed by atoms with E-state index in [-0.39, 0.29) is 17.0 Å². The van der Waals surface area contributed by atoms with Gasteiger partial charge in [0.25, 0.3) is 5.91 Å². The summed E-state index contributed by atoms with van der Waals surface area (Å²) in [5.41, 5.74) is -0.152. The molecule has 1 N–H and O–H groups in total. The van der Waals surface area contributed by atoms with Gasteiger partial charge in [0.15, 0.2) is 5.75 Å². The molecule has 0 saturated carbocycles. The highest BCUT2D eigenvalue weighted by molar-refractivity contribution is 5.96. The van der Waals surface area contributed by atoms with Crippen LogP contribution in [-0.4, -0.2) is 46.5 Å². The number of nitro benzene ring substituents is 1. The second kappa shape index (κ2) is 6.00. The molecule has 1 aromatic carbocycles. The maximum Gasteiger partial charge on any atom is 0.311 e. The minimum Gasteiger partial charge on any atom is -0.490 e. The Morgan fingerprint density at radius 1 is 1.45 bits per heavy atom. The summed E-state index contributed by atoms with van der Waals surface area (Å²) >= 11 is 0. The van der Waals surface area contributed by atoms with E-state index in [9.17, 15) is 19.7 Å². The fourth-order valence-corrected chi connectivity index (χ4v) is 2.69. The van der Waals surface area contributed by atoms with Crippen LogP contribution in [0.1, 0.15) is 23.7 Å². The van der Waals surface area contributed by atoms with Gasteiger partial charge in [0.2, 0.25) is 0 Å². The Kier molecular flexibility index (Phi) is 4.30. The lowest BCUT2D eigenvalue weighted by Crippen LogP contribution is -2.37. The first-order valence-electron chi connectivity index (χ1n) is 6.73. The third kappa shape index (κ3) is 2.72. The molecule has 1 amide bonds.